The van der Waals surface area contributed by atoms with E-state index < -0.39 is 17.7 Å². The summed E-state index contributed by atoms with van der Waals surface area (Å²) in [4.78, 5) is 28.5. The summed E-state index contributed by atoms with van der Waals surface area (Å²) in [6.07, 6.45) is 0. The summed E-state index contributed by atoms with van der Waals surface area (Å²) >= 11 is 0. The van der Waals surface area contributed by atoms with Gasteiger partial charge in [0.15, 0.2) is 0 Å². The Balaban J connectivity index is 1.35. The van der Waals surface area contributed by atoms with E-state index in [4.69, 9.17) is 0 Å². The van der Waals surface area contributed by atoms with Crippen LogP contribution >= 0.6 is 0 Å². The lowest BCUT2D eigenvalue weighted by molar-refractivity contribution is -0.159. The first kappa shape index (κ1) is 22.0. The second kappa shape index (κ2) is 8.87. The molecule has 0 radical (unpaired) electrons. The highest BCUT2D eigenvalue weighted by Crippen LogP contribution is 2.43. The van der Waals surface area contributed by atoms with Gasteiger partial charge in [-0.25, -0.2) is 13.6 Å². The molecule has 2 fully saturated rings. The first-order valence-corrected chi connectivity index (χ1v) is 11.0. The molecule has 3 amide bonds. The Bertz CT molecular complexity index is 1220. The van der Waals surface area contributed by atoms with Gasteiger partial charge in [-0.15, -0.1) is 0 Å². The van der Waals surface area contributed by atoms with E-state index in [0.717, 1.165) is 34.9 Å². The van der Waals surface area contributed by atoms with Gasteiger partial charge in [0, 0.05) is 18.5 Å². The van der Waals surface area contributed by atoms with Gasteiger partial charge in [-0.3, -0.25) is 4.79 Å². The number of carbonyl (C=O) groups excluding carboxylic acids is 2. The second-order valence-electron chi connectivity index (χ2n) is 8.57. The number of urea groups is 1. The Morgan fingerprint density at radius 1 is 1.00 bits per heavy atom. The van der Waals surface area contributed by atoms with E-state index in [9.17, 15) is 23.5 Å². The summed E-state index contributed by atoms with van der Waals surface area (Å²) in [6, 6.07) is 19.3. The van der Waals surface area contributed by atoms with Crippen LogP contribution < -0.4 is 5.32 Å². The summed E-state index contributed by atoms with van der Waals surface area (Å²) in [5.41, 5.74) is 2.82. The highest BCUT2D eigenvalue weighted by Gasteiger charge is 2.54. The first-order valence-electron chi connectivity index (χ1n) is 11.0. The number of carbonyl (C=O) groups is 2. The fourth-order valence-corrected chi connectivity index (χ4v) is 4.97. The lowest BCUT2D eigenvalue weighted by Crippen LogP contribution is -2.73. The molecule has 2 heterocycles. The van der Waals surface area contributed by atoms with Crippen LogP contribution in [-0.4, -0.2) is 58.6 Å². The smallest absolute Gasteiger partial charge is 0.322 e. The summed E-state index contributed by atoms with van der Waals surface area (Å²) < 4.78 is 27.4. The molecule has 6 nitrogen and oxygen atoms in total. The molecule has 3 atom stereocenters. The molecular weight excluding hydrogens is 440 g/mol. The van der Waals surface area contributed by atoms with E-state index in [0.29, 0.717) is 0 Å². The molecule has 34 heavy (non-hydrogen) atoms. The number of aliphatic hydroxyl groups is 1. The van der Waals surface area contributed by atoms with Crippen molar-refractivity contribution < 1.29 is 23.5 Å². The topological polar surface area (TPSA) is 72.9 Å². The molecule has 0 saturated carbocycles. The van der Waals surface area contributed by atoms with Crippen molar-refractivity contribution >= 4 is 17.6 Å². The van der Waals surface area contributed by atoms with Crippen molar-refractivity contribution in [2.45, 2.75) is 18.0 Å². The Morgan fingerprint density at radius 3 is 2.41 bits per heavy atom. The van der Waals surface area contributed by atoms with Crippen molar-refractivity contribution in [2.75, 3.05) is 25.0 Å². The Labute approximate surface area is 195 Å². The van der Waals surface area contributed by atoms with Gasteiger partial charge in [-0.1, -0.05) is 54.6 Å². The third kappa shape index (κ3) is 3.90. The van der Waals surface area contributed by atoms with E-state index in [2.05, 4.69) is 5.32 Å². The Hall–Kier alpha value is -3.78. The number of nitrogens with zero attached hydrogens (tertiary/aromatic N) is 2. The normalized spacial score (nSPS) is 21.6. The minimum atomic E-state index is -0.764. The average Bonchev–Trinajstić information content (AvgIpc) is 2.83. The second-order valence-corrected chi connectivity index (χ2v) is 8.57. The molecule has 2 aliphatic heterocycles. The number of hydrogen-bond acceptors (Lipinski definition) is 3. The predicted molar refractivity (Wildman–Crippen MR) is 123 cm³/mol. The summed E-state index contributed by atoms with van der Waals surface area (Å²) in [6.45, 7) is -0.167. The summed E-state index contributed by atoms with van der Waals surface area (Å²) in [5, 5.41) is 12.3. The van der Waals surface area contributed by atoms with E-state index in [1.807, 2.05) is 54.6 Å². The number of aliphatic hydroxyl groups excluding tert-OH is 1. The van der Waals surface area contributed by atoms with Gasteiger partial charge < -0.3 is 20.2 Å². The van der Waals surface area contributed by atoms with Crippen molar-refractivity contribution in [2.24, 2.45) is 0 Å². The number of amides is 3. The zero-order valence-electron chi connectivity index (χ0n) is 18.2. The highest BCUT2D eigenvalue weighted by molar-refractivity contribution is 5.94. The SMILES string of the molecule is O=C(Nc1cc(F)ccc1F)N1CC(=O)N2[C@H](C1)[C@H](c1ccc(-c3ccccc3)cc1)[C@@H]2CO. The fourth-order valence-electron chi connectivity index (χ4n) is 4.97. The molecule has 3 aromatic carbocycles. The van der Waals surface area contributed by atoms with Gasteiger partial charge in [0.25, 0.3) is 0 Å². The number of anilines is 1. The van der Waals surface area contributed by atoms with Crippen LogP contribution in [0.3, 0.4) is 0 Å². The summed E-state index contributed by atoms with van der Waals surface area (Å²) in [5.74, 6) is -1.89. The molecule has 0 spiro atoms. The van der Waals surface area contributed by atoms with E-state index >= 15 is 0 Å². The van der Waals surface area contributed by atoms with Crippen molar-refractivity contribution in [3.63, 3.8) is 0 Å². The molecule has 3 aromatic rings. The van der Waals surface area contributed by atoms with Crippen molar-refractivity contribution in [1.29, 1.82) is 0 Å². The first-order chi connectivity index (χ1) is 16.5. The van der Waals surface area contributed by atoms with Crippen LogP contribution in [0.4, 0.5) is 19.3 Å². The number of halogens is 2. The average molecular weight is 463 g/mol. The minimum Gasteiger partial charge on any atom is -0.394 e. The van der Waals surface area contributed by atoms with Crippen LogP contribution in [0, 0.1) is 11.6 Å². The van der Waals surface area contributed by atoms with Gasteiger partial charge >= 0.3 is 6.03 Å². The number of nitrogens with one attached hydrogen (secondary N) is 1. The quantitative estimate of drug-likeness (QED) is 0.618. The monoisotopic (exact) mass is 463 g/mol. The summed E-state index contributed by atoms with van der Waals surface area (Å²) in [7, 11) is 0. The highest BCUT2D eigenvalue weighted by atomic mass is 19.1. The Morgan fingerprint density at radius 2 is 1.71 bits per heavy atom. The standard InChI is InChI=1S/C26H23F2N3O3/c27-19-10-11-20(28)21(12-19)29-26(34)30-13-22-25(23(15-32)31(22)24(33)14-30)18-8-6-17(7-9-18)16-4-2-1-3-5-16/h1-12,22-23,25,32H,13-15H2,(H,29,34)/t22-,23+,25+/m1/s1. The molecule has 0 bridgehead atoms. The maximum absolute atomic E-state index is 14.0. The van der Waals surface area contributed by atoms with Gasteiger partial charge in [0.1, 0.15) is 18.2 Å². The van der Waals surface area contributed by atoms with Crippen molar-refractivity contribution in [3.05, 3.63) is 90.0 Å². The molecule has 0 aromatic heterocycles. The Kier molecular flexibility index (Phi) is 5.75. The largest absolute Gasteiger partial charge is 0.394 e. The van der Waals surface area contributed by atoms with Gasteiger partial charge in [-0.2, -0.15) is 0 Å². The van der Waals surface area contributed by atoms with Crippen molar-refractivity contribution in [1.82, 2.24) is 9.80 Å². The van der Waals surface area contributed by atoms with Gasteiger partial charge in [0.2, 0.25) is 5.91 Å². The molecule has 2 aliphatic rings. The third-order valence-electron chi connectivity index (χ3n) is 6.61. The van der Waals surface area contributed by atoms with Crippen LogP contribution in [0.1, 0.15) is 11.5 Å². The number of rotatable bonds is 4. The molecule has 8 heteroatoms. The molecule has 0 aliphatic carbocycles. The lowest BCUT2D eigenvalue weighted by Gasteiger charge is -2.58. The van der Waals surface area contributed by atoms with Crippen LogP contribution in [0.15, 0.2) is 72.8 Å². The molecule has 2 saturated heterocycles. The minimum absolute atomic E-state index is 0.153. The number of fused-ring (bicyclic) bond motifs is 1. The number of benzene rings is 3. The molecule has 174 valence electrons. The van der Waals surface area contributed by atoms with E-state index in [1.54, 1.807) is 4.90 Å². The fraction of sp³-hybridized carbons (Fsp3) is 0.231. The number of piperazine rings is 1. The van der Waals surface area contributed by atoms with Crippen LogP contribution in [0.2, 0.25) is 0 Å². The maximum Gasteiger partial charge on any atom is 0.322 e. The maximum atomic E-state index is 14.0. The molecule has 5 rings (SSSR count). The molecule has 2 N–H and O–H groups in total. The zero-order valence-corrected chi connectivity index (χ0v) is 18.2. The van der Waals surface area contributed by atoms with Crippen LogP contribution in [0.5, 0.6) is 0 Å². The van der Waals surface area contributed by atoms with Crippen LogP contribution in [-0.2, 0) is 4.79 Å². The molecular formula is C26H23F2N3O3. The van der Waals surface area contributed by atoms with E-state index in [1.165, 1.54) is 4.90 Å². The van der Waals surface area contributed by atoms with Gasteiger partial charge in [0.05, 0.1) is 24.4 Å². The third-order valence-corrected chi connectivity index (χ3v) is 6.61. The molecule has 0 unspecified atom stereocenters. The van der Waals surface area contributed by atoms with E-state index in [-0.39, 0.29) is 49.3 Å². The zero-order chi connectivity index (χ0) is 23.8. The van der Waals surface area contributed by atoms with Crippen LogP contribution in [0.25, 0.3) is 11.1 Å². The predicted octanol–water partition coefficient (Wildman–Crippen LogP) is 3.83. The van der Waals surface area contributed by atoms with Crippen molar-refractivity contribution in [3.8, 4) is 11.1 Å². The number of hydrogen-bond donors (Lipinski definition) is 2. The lowest BCUT2D eigenvalue weighted by atomic mass is 9.73. The van der Waals surface area contributed by atoms with Gasteiger partial charge in [-0.05, 0) is 28.8 Å².